The molecular weight excluding hydrogens is 424 g/mol. The van der Waals surface area contributed by atoms with Crippen molar-refractivity contribution in [2.75, 3.05) is 0 Å². The fourth-order valence-electron chi connectivity index (χ4n) is 6.31. The van der Waals surface area contributed by atoms with E-state index in [0.29, 0.717) is 11.8 Å². The van der Waals surface area contributed by atoms with E-state index in [1.54, 1.807) is 0 Å². The molecule has 0 bridgehead atoms. The second-order valence-electron chi connectivity index (χ2n) is 9.70. The number of hydrogen-bond donors (Lipinski definition) is 0. The highest BCUT2D eigenvalue weighted by Gasteiger charge is 2.40. The Labute approximate surface area is 204 Å². The van der Waals surface area contributed by atoms with Gasteiger partial charge in [-0.05, 0) is 62.8 Å². The molecule has 0 spiro atoms. The maximum atomic E-state index is 6.09. The van der Waals surface area contributed by atoms with Crippen LogP contribution in [0.1, 0.15) is 11.1 Å². The summed E-state index contributed by atoms with van der Waals surface area (Å²) < 4.78 is 6.09. The number of rotatable bonds is 2. The van der Waals surface area contributed by atoms with Crippen LogP contribution in [0, 0.1) is 11.8 Å². The lowest BCUT2D eigenvalue weighted by Gasteiger charge is -2.42. The summed E-state index contributed by atoms with van der Waals surface area (Å²) in [4.78, 5) is 0. The largest absolute Gasteiger partial charge is 0.456 e. The van der Waals surface area contributed by atoms with E-state index < -0.39 is 0 Å². The molecule has 2 atom stereocenters. The molecule has 1 heterocycles. The molecule has 0 amide bonds. The minimum atomic E-state index is 0.343. The number of allylic oxidation sites excluding steroid dienone is 14. The third-order valence-electron chi connectivity index (χ3n) is 7.91. The number of hydrogen-bond acceptors (Lipinski definition) is 1. The van der Waals surface area contributed by atoms with Crippen molar-refractivity contribution in [1.29, 1.82) is 0 Å². The molecule has 1 heteroatoms. The summed E-state index contributed by atoms with van der Waals surface area (Å²) >= 11 is 0. The molecular formula is C34H22O. The standard InChI is InChI=1S/C34H22O/c1-2-6-21(7-3-1)25-15-10-22-13-18-29-26(16-11-23-12-17-28(25)33(22)34(23)29)24-14-19-32-30(20-24)27-8-4-5-9-31(27)35-32/h1-20,33-34H. The SMILES string of the molecule is C1=CC2=C(c3ccccc3)C=CC3=CC=C4C(c5ccc6oc7ccccc7c6c5)=CC=C1C4C32. The van der Waals surface area contributed by atoms with Crippen LogP contribution in [0.4, 0.5) is 0 Å². The molecule has 0 saturated heterocycles. The number of fused-ring (bicyclic) bond motifs is 3. The summed E-state index contributed by atoms with van der Waals surface area (Å²) in [5, 5.41) is 2.35. The van der Waals surface area contributed by atoms with Gasteiger partial charge in [0.15, 0.2) is 0 Å². The molecule has 4 aliphatic rings. The fraction of sp³-hybridized carbons (Fsp3) is 0.0588. The molecule has 0 saturated carbocycles. The molecule has 8 rings (SSSR count). The zero-order valence-electron chi connectivity index (χ0n) is 19.1. The van der Waals surface area contributed by atoms with Crippen molar-refractivity contribution in [3.63, 3.8) is 0 Å². The first-order chi connectivity index (χ1) is 17.3. The highest BCUT2D eigenvalue weighted by molar-refractivity contribution is 6.06. The predicted octanol–water partition coefficient (Wildman–Crippen LogP) is 8.60. The molecule has 1 aromatic heterocycles. The van der Waals surface area contributed by atoms with E-state index in [-0.39, 0.29) is 0 Å². The van der Waals surface area contributed by atoms with Crippen molar-refractivity contribution in [1.82, 2.24) is 0 Å². The highest BCUT2D eigenvalue weighted by atomic mass is 16.3. The minimum absolute atomic E-state index is 0.343. The first kappa shape index (κ1) is 19.0. The van der Waals surface area contributed by atoms with Gasteiger partial charge in [0.25, 0.3) is 0 Å². The molecule has 2 unspecified atom stereocenters. The van der Waals surface area contributed by atoms with Crippen molar-refractivity contribution in [2.45, 2.75) is 0 Å². The van der Waals surface area contributed by atoms with Crippen LogP contribution >= 0.6 is 0 Å². The van der Waals surface area contributed by atoms with E-state index in [1.807, 2.05) is 12.1 Å². The molecule has 0 fully saturated rings. The molecule has 4 aromatic rings. The number of para-hydroxylation sites is 1. The van der Waals surface area contributed by atoms with E-state index in [0.717, 1.165) is 11.2 Å². The minimum Gasteiger partial charge on any atom is -0.456 e. The van der Waals surface area contributed by atoms with Gasteiger partial charge >= 0.3 is 0 Å². The van der Waals surface area contributed by atoms with Crippen LogP contribution in [-0.4, -0.2) is 0 Å². The number of furan rings is 1. The average Bonchev–Trinajstić information content (AvgIpc) is 3.30. The quantitative estimate of drug-likeness (QED) is 0.300. The average molecular weight is 447 g/mol. The monoisotopic (exact) mass is 446 g/mol. The van der Waals surface area contributed by atoms with E-state index >= 15 is 0 Å². The number of benzene rings is 3. The summed E-state index contributed by atoms with van der Waals surface area (Å²) in [6, 6.07) is 25.7. The molecule has 0 N–H and O–H groups in total. The van der Waals surface area contributed by atoms with Crippen molar-refractivity contribution >= 4 is 33.1 Å². The zero-order chi connectivity index (χ0) is 22.9. The molecule has 0 aliphatic heterocycles. The van der Waals surface area contributed by atoms with Crippen molar-refractivity contribution in [3.8, 4) is 0 Å². The Morgan fingerprint density at radius 2 is 1.31 bits per heavy atom. The van der Waals surface area contributed by atoms with Crippen LogP contribution in [0.3, 0.4) is 0 Å². The summed E-state index contributed by atoms with van der Waals surface area (Å²) in [5.74, 6) is 0.698. The molecule has 164 valence electrons. The third kappa shape index (κ3) is 2.70. The summed E-state index contributed by atoms with van der Waals surface area (Å²) in [5.41, 5.74) is 12.7. The van der Waals surface area contributed by atoms with Crippen LogP contribution in [-0.2, 0) is 0 Å². The summed E-state index contributed by atoms with van der Waals surface area (Å²) in [6.07, 6.45) is 18.6. The van der Waals surface area contributed by atoms with Gasteiger partial charge in [-0.2, -0.15) is 0 Å². The first-order valence-electron chi connectivity index (χ1n) is 12.3. The Morgan fingerprint density at radius 1 is 0.543 bits per heavy atom. The Bertz CT molecular complexity index is 1780. The molecule has 3 aromatic carbocycles. The van der Waals surface area contributed by atoms with Gasteiger partial charge in [-0.3, -0.25) is 0 Å². The van der Waals surface area contributed by atoms with Gasteiger partial charge in [-0.1, -0.05) is 103 Å². The maximum absolute atomic E-state index is 6.09. The van der Waals surface area contributed by atoms with Gasteiger partial charge in [0, 0.05) is 22.6 Å². The van der Waals surface area contributed by atoms with Gasteiger partial charge in [-0.25, -0.2) is 0 Å². The normalized spacial score (nSPS) is 22.1. The van der Waals surface area contributed by atoms with Crippen LogP contribution in [0.5, 0.6) is 0 Å². The molecule has 35 heavy (non-hydrogen) atoms. The lowest BCUT2D eigenvalue weighted by Crippen LogP contribution is -2.30. The van der Waals surface area contributed by atoms with Crippen LogP contribution < -0.4 is 0 Å². The third-order valence-corrected chi connectivity index (χ3v) is 7.91. The fourth-order valence-corrected chi connectivity index (χ4v) is 6.31. The van der Waals surface area contributed by atoms with E-state index in [1.165, 1.54) is 55.3 Å². The van der Waals surface area contributed by atoms with Gasteiger partial charge in [0.05, 0.1) is 0 Å². The van der Waals surface area contributed by atoms with Crippen LogP contribution in [0.15, 0.2) is 148 Å². The predicted molar refractivity (Wildman–Crippen MR) is 145 cm³/mol. The van der Waals surface area contributed by atoms with Crippen LogP contribution in [0.2, 0.25) is 0 Å². The lowest BCUT2D eigenvalue weighted by atomic mass is 9.61. The van der Waals surface area contributed by atoms with Gasteiger partial charge in [-0.15, -0.1) is 0 Å². The van der Waals surface area contributed by atoms with Crippen molar-refractivity contribution in [3.05, 3.63) is 155 Å². The van der Waals surface area contributed by atoms with Gasteiger partial charge < -0.3 is 4.42 Å². The topological polar surface area (TPSA) is 13.1 Å². The second kappa shape index (κ2) is 7.07. The van der Waals surface area contributed by atoms with Crippen molar-refractivity contribution < 1.29 is 4.42 Å². The van der Waals surface area contributed by atoms with E-state index in [9.17, 15) is 0 Å². The van der Waals surface area contributed by atoms with Crippen molar-refractivity contribution in [2.24, 2.45) is 11.8 Å². The summed E-state index contributed by atoms with van der Waals surface area (Å²) in [7, 11) is 0. The smallest absolute Gasteiger partial charge is 0.135 e. The molecule has 4 aliphatic carbocycles. The van der Waals surface area contributed by atoms with Crippen LogP contribution in [0.25, 0.3) is 33.1 Å². The lowest BCUT2D eigenvalue weighted by molar-refractivity contribution is 0.569. The van der Waals surface area contributed by atoms with Gasteiger partial charge in [0.1, 0.15) is 11.2 Å². The maximum Gasteiger partial charge on any atom is 0.135 e. The van der Waals surface area contributed by atoms with E-state index in [2.05, 4.69) is 109 Å². The zero-order valence-corrected chi connectivity index (χ0v) is 19.1. The molecule has 0 radical (unpaired) electrons. The Kier molecular flexibility index (Phi) is 3.84. The highest BCUT2D eigenvalue weighted by Crippen LogP contribution is 2.53. The second-order valence-corrected chi connectivity index (χ2v) is 9.70. The molecule has 1 nitrogen and oxygen atoms in total. The Balaban J connectivity index is 1.29. The summed E-state index contributed by atoms with van der Waals surface area (Å²) in [6.45, 7) is 0. The Hall–Kier alpha value is -4.36. The van der Waals surface area contributed by atoms with Gasteiger partial charge in [0.2, 0.25) is 0 Å². The first-order valence-corrected chi connectivity index (χ1v) is 12.3. The van der Waals surface area contributed by atoms with E-state index in [4.69, 9.17) is 4.42 Å². The Morgan fingerprint density at radius 3 is 2.26 bits per heavy atom.